The van der Waals surface area contributed by atoms with E-state index in [9.17, 15) is 61.1 Å². The lowest BCUT2D eigenvalue weighted by atomic mass is 9.90. The fourth-order valence-electron chi connectivity index (χ4n) is 12.2. The van der Waals surface area contributed by atoms with Crippen LogP contribution in [0, 0.1) is 17.8 Å². The van der Waals surface area contributed by atoms with E-state index in [0.717, 1.165) is 44.6 Å². The van der Waals surface area contributed by atoms with Gasteiger partial charge >= 0.3 is 6.18 Å². The molecule has 22 nitrogen and oxygen atoms in total. The van der Waals surface area contributed by atoms with Crippen molar-refractivity contribution in [1.29, 1.82) is 0 Å². The van der Waals surface area contributed by atoms with Gasteiger partial charge in [-0.25, -0.2) is 0 Å². The predicted octanol–water partition coefficient (Wildman–Crippen LogP) is 3.75. The highest BCUT2D eigenvalue weighted by Crippen LogP contribution is 2.38. The third-order valence-corrected chi connectivity index (χ3v) is 18.5. The van der Waals surface area contributed by atoms with E-state index in [1.54, 1.807) is 27.7 Å². The number of nitrogens with one attached hydrogen (secondary N) is 4. The summed E-state index contributed by atoms with van der Waals surface area (Å²) >= 11 is 6.09. The summed E-state index contributed by atoms with van der Waals surface area (Å²) in [6.07, 6.45) is 0.155. The molecule has 2 saturated carbocycles. The van der Waals surface area contributed by atoms with Crippen LogP contribution < -0.4 is 21.3 Å². The van der Waals surface area contributed by atoms with Gasteiger partial charge in [0.05, 0.1) is 23.7 Å². The van der Waals surface area contributed by atoms with Crippen molar-refractivity contribution < 1.29 is 65.9 Å². The molecule has 0 bridgehead atoms. The van der Waals surface area contributed by atoms with E-state index in [-0.39, 0.29) is 51.0 Å². The summed E-state index contributed by atoms with van der Waals surface area (Å²) < 4.78 is 41.2. The highest BCUT2D eigenvalue weighted by atomic mass is 35.5. The average molecular weight is 1230 g/mol. The molecule has 2 heterocycles. The van der Waals surface area contributed by atoms with Gasteiger partial charge < -0.3 is 55.6 Å². The second-order valence-corrected chi connectivity index (χ2v) is 25.1. The second kappa shape index (κ2) is 29.9. The molecule has 4 fully saturated rings. The number of alkyl halides is 3. The minimum absolute atomic E-state index is 0.0570. The Kier molecular flexibility index (Phi) is 24.4. The van der Waals surface area contributed by atoms with E-state index >= 15 is 4.79 Å². The molecule has 1 aromatic rings. The number of hydrogen-bond donors (Lipinski definition) is 4. The van der Waals surface area contributed by atoms with Crippen LogP contribution in [-0.4, -0.2) is 215 Å². The number of nitrogens with zero attached hydrogens (tertiary/aromatic N) is 7. The zero-order valence-corrected chi connectivity index (χ0v) is 53.0. The fraction of sp³-hybridized carbons (Fsp3) is 0.717. The number of carbonyl (C=O) groups is 11. The van der Waals surface area contributed by atoms with Gasteiger partial charge in [-0.2, -0.15) is 13.2 Å². The molecule has 9 atom stereocenters. The third kappa shape index (κ3) is 16.7. The first-order chi connectivity index (χ1) is 40.2. The lowest BCUT2D eigenvalue weighted by Gasteiger charge is -2.40. The summed E-state index contributed by atoms with van der Waals surface area (Å²) in [6.45, 7) is 10.5. The zero-order chi connectivity index (χ0) is 64.4. The number of hydrogen-bond acceptors (Lipinski definition) is 11. The fourth-order valence-corrected chi connectivity index (χ4v) is 12.6. The molecule has 1 aromatic carbocycles. The number of fused-ring (bicyclic) bond motifs is 1. The Hall–Kier alpha value is -6.53. The molecular weight excluding hydrogens is 1140 g/mol. The van der Waals surface area contributed by atoms with E-state index in [1.165, 1.54) is 76.9 Å². The van der Waals surface area contributed by atoms with Gasteiger partial charge in [-0.1, -0.05) is 77.5 Å². The monoisotopic (exact) mass is 1230 g/mol. The lowest BCUT2D eigenvalue weighted by Crippen LogP contribution is -2.64. The Balaban J connectivity index is 1.53. The molecular formula is C60H91ClF3N11O11. The SMILES string of the molecule is CCC(C)[C@@H]1NC(=O)[C@H](C)N(C)C(=O)C[C@@H](C)NC(=O)[C@H](C2CCCC2)N(C)C(=O)C2(CCCC2)NC(=O)[C@@H]2CCCN2C(=O)[C@H](CCc2ccc(C(F)(F)F)c(Cl)c2)NC(=O)[C@@H](C)N(C)C(=O)[C@H](C(C)C)N(C)C(=O)CN(C)C(=O)CN(C)C1=O. The van der Waals surface area contributed by atoms with Gasteiger partial charge in [0.1, 0.15) is 47.8 Å². The van der Waals surface area contributed by atoms with Crippen molar-refractivity contribution in [3.8, 4) is 0 Å². The van der Waals surface area contributed by atoms with Gasteiger partial charge in [0.25, 0.3) is 0 Å². The maximum atomic E-state index is 15.1. The molecule has 2 aliphatic carbocycles. The molecule has 0 radical (unpaired) electrons. The topological polar surface area (TPSA) is 259 Å². The van der Waals surface area contributed by atoms with Gasteiger partial charge in [-0.3, -0.25) is 52.7 Å². The number of rotatable bonds is 7. The van der Waals surface area contributed by atoms with Crippen LogP contribution in [0.4, 0.5) is 13.2 Å². The third-order valence-electron chi connectivity index (χ3n) is 18.1. The minimum atomic E-state index is -4.75. The van der Waals surface area contributed by atoms with Crippen molar-refractivity contribution in [2.75, 3.05) is 61.9 Å². The van der Waals surface area contributed by atoms with Crippen LogP contribution in [0.5, 0.6) is 0 Å². The summed E-state index contributed by atoms with van der Waals surface area (Å²) in [5.41, 5.74) is -2.24. The maximum Gasteiger partial charge on any atom is 0.417 e. The van der Waals surface area contributed by atoms with Crippen LogP contribution >= 0.6 is 11.6 Å². The molecule has 4 aliphatic rings. The number of halogens is 4. The largest absolute Gasteiger partial charge is 0.417 e. The molecule has 5 rings (SSSR count). The summed E-state index contributed by atoms with van der Waals surface area (Å²) in [5, 5.41) is 10.9. The average Bonchev–Trinajstić information content (AvgIpc) is 1.81. The van der Waals surface area contributed by atoms with Gasteiger partial charge in [-0.05, 0) is 108 Å². The molecule has 1 unspecified atom stereocenters. The van der Waals surface area contributed by atoms with Crippen molar-refractivity contribution in [2.24, 2.45) is 17.8 Å². The van der Waals surface area contributed by atoms with Crippen molar-refractivity contribution >= 4 is 76.6 Å². The molecule has 2 saturated heterocycles. The van der Waals surface area contributed by atoms with Gasteiger partial charge in [0.15, 0.2) is 0 Å². The first kappa shape index (κ1) is 70.2. The summed E-state index contributed by atoms with van der Waals surface area (Å²) in [4.78, 5) is 166. The number of carbonyl (C=O) groups excluding carboxylic acids is 11. The Morgan fingerprint density at radius 3 is 1.83 bits per heavy atom. The van der Waals surface area contributed by atoms with Crippen LogP contribution in [0.15, 0.2) is 18.2 Å². The van der Waals surface area contributed by atoms with E-state index in [0.29, 0.717) is 44.1 Å². The predicted molar refractivity (Wildman–Crippen MR) is 314 cm³/mol. The molecule has 2 aliphatic heterocycles. The minimum Gasteiger partial charge on any atom is -0.351 e. The van der Waals surface area contributed by atoms with E-state index in [1.807, 2.05) is 6.92 Å². The zero-order valence-electron chi connectivity index (χ0n) is 52.2. The smallest absolute Gasteiger partial charge is 0.351 e. The van der Waals surface area contributed by atoms with Crippen LogP contribution in [0.1, 0.15) is 143 Å². The van der Waals surface area contributed by atoms with Crippen molar-refractivity contribution in [2.45, 2.75) is 198 Å². The molecule has 1 spiro atoms. The van der Waals surface area contributed by atoms with Crippen LogP contribution in [0.25, 0.3) is 0 Å². The van der Waals surface area contributed by atoms with Crippen LogP contribution in [0.3, 0.4) is 0 Å². The Labute approximate surface area is 508 Å². The number of benzene rings is 1. The van der Waals surface area contributed by atoms with Crippen molar-refractivity contribution in [3.05, 3.63) is 34.3 Å². The second-order valence-electron chi connectivity index (χ2n) is 24.7. The maximum absolute atomic E-state index is 15.1. The highest BCUT2D eigenvalue weighted by molar-refractivity contribution is 6.31. The first-order valence-electron chi connectivity index (χ1n) is 30.1. The van der Waals surface area contributed by atoms with Crippen molar-refractivity contribution in [3.63, 3.8) is 0 Å². The number of aryl methyl sites for hydroxylation is 1. The quantitative estimate of drug-likeness (QED) is 0.306. The highest BCUT2D eigenvalue weighted by Gasteiger charge is 2.50. The standard InChI is InChI=1S/C60H91ClF3N11O11/c1-14-35(4)48-56(84)70(9)32-46(77)69(8)33-47(78)73(12)49(34(2)3)57(85)72(11)38(7)51(79)66-43(26-24-39-23-25-41(42(61)31-39)60(62,63)64)55(83)75-29-19-22-44(75)53(81)68-59(27-17-18-28-59)58(86)74(13)50(40-20-15-16-21-40)54(82)65-36(5)30-45(76)71(10)37(6)52(80)67-48/h23,25,31,34-38,40,43-44,48-50H,14-22,24,26-30,32-33H2,1-13H3,(H,65,82)(H,66,79)(H,67,80)(H,68,81)/t35?,36-,37+,38-,43+,44+,48+,49+,50+/m1/s1. The first-order valence-corrected chi connectivity index (χ1v) is 30.5. The molecule has 0 aromatic heterocycles. The Morgan fingerprint density at radius 1 is 0.651 bits per heavy atom. The molecule has 86 heavy (non-hydrogen) atoms. The van der Waals surface area contributed by atoms with Crippen LogP contribution in [-0.2, 0) is 65.3 Å². The molecule has 11 amide bonds. The number of amides is 11. The summed E-state index contributed by atoms with van der Waals surface area (Å²) in [5.74, 6) is -8.20. The number of likely N-dealkylation sites (N-methyl/N-ethyl adjacent to an activating group) is 6. The van der Waals surface area contributed by atoms with E-state index < -0.39 is 161 Å². The van der Waals surface area contributed by atoms with Gasteiger partial charge in [0.2, 0.25) is 65.0 Å². The molecule has 4 N–H and O–H groups in total. The molecule has 480 valence electrons. The van der Waals surface area contributed by atoms with E-state index in [4.69, 9.17) is 11.6 Å². The lowest BCUT2D eigenvalue weighted by molar-refractivity contribution is -0.151. The van der Waals surface area contributed by atoms with Crippen molar-refractivity contribution in [1.82, 2.24) is 55.6 Å². The normalized spacial score (nSPS) is 27.7. The van der Waals surface area contributed by atoms with E-state index in [2.05, 4.69) is 21.3 Å². The summed E-state index contributed by atoms with van der Waals surface area (Å²) in [7, 11) is 8.39. The Bertz CT molecular complexity index is 2690. The van der Waals surface area contributed by atoms with Crippen LogP contribution in [0.2, 0.25) is 5.02 Å². The molecule has 26 heteroatoms. The van der Waals surface area contributed by atoms with Gasteiger partial charge in [0, 0.05) is 61.3 Å². The Morgan fingerprint density at radius 2 is 1.24 bits per heavy atom. The summed E-state index contributed by atoms with van der Waals surface area (Å²) in [6, 6.07) is -5.92. The van der Waals surface area contributed by atoms with Gasteiger partial charge in [-0.15, -0.1) is 0 Å².